The fourth-order valence-electron chi connectivity index (χ4n) is 4.34. The van der Waals surface area contributed by atoms with E-state index < -0.39 is 12.0 Å². The molecule has 0 saturated carbocycles. The molecule has 0 aliphatic heterocycles. The van der Waals surface area contributed by atoms with Crippen molar-refractivity contribution < 1.29 is 14.7 Å². The maximum absolute atomic E-state index is 13.2. The van der Waals surface area contributed by atoms with E-state index in [0.29, 0.717) is 32.4 Å². The zero-order chi connectivity index (χ0) is 24.6. The van der Waals surface area contributed by atoms with Gasteiger partial charge in [0.05, 0.1) is 12.5 Å². The van der Waals surface area contributed by atoms with Crippen molar-refractivity contribution in [3.63, 3.8) is 0 Å². The highest BCUT2D eigenvalue weighted by Crippen LogP contribution is 2.21. The van der Waals surface area contributed by atoms with Gasteiger partial charge in [-0.2, -0.15) is 0 Å². The van der Waals surface area contributed by atoms with Gasteiger partial charge >= 0.3 is 0 Å². The highest BCUT2D eigenvalue weighted by Gasteiger charge is 2.26. The molecule has 6 N–H and O–H groups in total. The average molecular weight is 473 g/mol. The van der Waals surface area contributed by atoms with Gasteiger partial charge in [-0.15, -0.1) is 0 Å². The molecule has 0 saturated heterocycles. The summed E-state index contributed by atoms with van der Waals surface area (Å²) in [7, 11) is 0. The quantitative estimate of drug-likeness (QED) is 0.216. The molecule has 0 bridgehead atoms. The van der Waals surface area contributed by atoms with Crippen molar-refractivity contribution in [3.8, 4) is 0 Å². The Hall–Kier alpha value is -3.68. The summed E-state index contributed by atoms with van der Waals surface area (Å²) < 4.78 is 0. The van der Waals surface area contributed by atoms with Crippen LogP contribution in [0.3, 0.4) is 0 Å². The molecule has 182 valence electrons. The van der Waals surface area contributed by atoms with E-state index in [1.54, 1.807) is 0 Å². The smallest absolute Gasteiger partial charge is 0.242 e. The molecule has 4 aromatic rings. The third-order valence-electron chi connectivity index (χ3n) is 6.30. The fraction of sp³-hybridized carbons (Fsp3) is 0.286. The van der Waals surface area contributed by atoms with E-state index in [4.69, 9.17) is 5.73 Å². The van der Waals surface area contributed by atoms with Gasteiger partial charge in [-0.1, -0.05) is 60.7 Å². The Kier molecular flexibility index (Phi) is 8.13. The number of amides is 2. The van der Waals surface area contributed by atoms with Crippen molar-refractivity contribution >= 4 is 33.5 Å². The molecule has 0 fully saturated rings. The number of nitrogens with one attached hydrogen (secondary N) is 3. The molecule has 3 aromatic carbocycles. The maximum Gasteiger partial charge on any atom is 0.242 e. The third-order valence-corrected chi connectivity index (χ3v) is 6.30. The van der Waals surface area contributed by atoms with Crippen LogP contribution in [0.25, 0.3) is 21.7 Å². The Morgan fingerprint density at radius 2 is 1.71 bits per heavy atom. The number of aromatic nitrogens is 1. The van der Waals surface area contributed by atoms with Crippen LogP contribution >= 0.6 is 0 Å². The molecule has 1 heterocycles. The van der Waals surface area contributed by atoms with Crippen molar-refractivity contribution in [1.82, 2.24) is 15.6 Å². The Morgan fingerprint density at radius 1 is 0.943 bits per heavy atom. The molecule has 7 nitrogen and oxygen atoms in total. The summed E-state index contributed by atoms with van der Waals surface area (Å²) in [6, 6.07) is 21.1. The number of carbonyl (C=O) groups is 2. The Bertz CT molecular complexity index is 1300. The Morgan fingerprint density at radius 3 is 2.51 bits per heavy atom. The van der Waals surface area contributed by atoms with Gasteiger partial charge in [-0.25, -0.2) is 0 Å². The molecule has 35 heavy (non-hydrogen) atoms. The van der Waals surface area contributed by atoms with Crippen LogP contribution in [-0.4, -0.2) is 47.6 Å². The number of nitrogens with two attached hydrogens (primary N) is 1. The summed E-state index contributed by atoms with van der Waals surface area (Å²) in [6.45, 7) is 0.597. The number of carbonyl (C=O) groups excluding carboxylic acids is 2. The number of fused-ring (bicyclic) bond motifs is 2. The number of H-pyrrole nitrogens is 1. The predicted octanol–water partition coefficient (Wildman–Crippen LogP) is 2.66. The first-order chi connectivity index (χ1) is 17.1. The average Bonchev–Trinajstić information content (AvgIpc) is 3.29. The number of aliphatic hydroxyl groups is 1. The first-order valence-corrected chi connectivity index (χ1v) is 12.0. The van der Waals surface area contributed by atoms with Gasteiger partial charge in [-0.3, -0.25) is 9.59 Å². The zero-order valence-corrected chi connectivity index (χ0v) is 19.7. The second-order valence-electron chi connectivity index (χ2n) is 8.82. The van der Waals surface area contributed by atoms with Crippen molar-refractivity contribution in [2.45, 2.75) is 25.3 Å². The molecule has 4 rings (SSSR count). The summed E-state index contributed by atoms with van der Waals surface area (Å²) in [5, 5.41) is 19.0. The van der Waals surface area contributed by atoms with Crippen LogP contribution in [-0.2, 0) is 22.4 Å². The first kappa shape index (κ1) is 24.4. The minimum absolute atomic E-state index is 0.260. The minimum atomic E-state index is -0.765. The molecule has 0 unspecified atom stereocenters. The highest BCUT2D eigenvalue weighted by atomic mass is 16.3. The van der Waals surface area contributed by atoms with Crippen molar-refractivity contribution in [2.75, 3.05) is 19.7 Å². The predicted molar refractivity (Wildman–Crippen MR) is 139 cm³/mol. The lowest BCUT2D eigenvalue weighted by Crippen LogP contribution is -2.50. The number of para-hydroxylation sites is 1. The fourth-order valence-corrected chi connectivity index (χ4v) is 4.34. The molecule has 0 aliphatic rings. The summed E-state index contributed by atoms with van der Waals surface area (Å²) in [4.78, 5) is 29.4. The Labute approximate surface area is 204 Å². The number of aliphatic hydroxyl groups excluding tert-OH is 1. The molecule has 2 atom stereocenters. The lowest BCUT2D eigenvalue weighted by atomic mass is 9.97. The monoisotopic (exact) mass is 472 g/mol. The summed E-state index contributed by atoms with van der Waals surface area (Å²) in [6.07, 6.45) is 3.23. The van der Waals surface area contributed by atoms with Crippen LogP contribution in [0.1, 0.15) is 17.5 Å². The largest absolute Gasteiger partial charge is 0.396 e. The van der Waals surface area contributed by atoms with E-state index in [1.165, 1.54) is 0 Å². The van der Waals surface area contributed by atoms with Crippen LogP contribution in [0.2, 0.25) is 0 Å². The van der Waals surface area contributed by atoms with Crippen LogP contribution < -0.4 is 16.4 Å². The lowest BCUT2D eigenvalue weighted by Gasteiger charge is -2.22. The lowest BCUT2D eigenvalue weighted by molar-refractivity contribution is -0.131. The standard InChI is InChI=1S/C28H32N4O3/c29-12-5-13-30-28(35)26(15-19-10-11-20-6-1-2-7-21(20)14-19)32-27(34)23(18-33)16-22-17-31-25-9-4-3-8-24(22)25/h1-4,6-11,14,17,23,26,31,33H,5,12-13,15-16,18,29H2,(H,30,35)(H,32,34)/t23-,26+/m1/s1. The van der Waals surface area contributed by atoms with Gasteiger partial charge in [0.25, 0.3) is 0 Å². The first-order valence-electron chi connectivity index (χ1n) is 12.0. The third kappa shape index (κ3) is 6.07. The molecule has 0 aliphatic carbocycles. The van der Waals surface area contributed by atoms with E-state index in [2.05, 4.69) is 15.6 Å². The second-order valence-corrected chi connectivity index (χ2v) is 8.82. The van der Waals surface area contributed by atoms with Gasteiger partial charge in [0.1, 0.15) is 6.04 Å². The second kappa shape index (κ2) is 11.6. The molecular weight excluding hydrogens is 440 g/mol. The number of aromatic amines is 1. The number of hydrogen-bond donors (Lipinski definition) is 5. The number of hydrogen-bond acceptors (Lipinski definition) is 4. The molecule has 7 heteroatoms. The topological polar surface area (TPSA) is 120 Å². The SMILES string of the molecule is NCCCNC(=O)[C@H](Cc1ccc2ccccc2c1)NC(=O)[C@@H](CO)Cc1c[nH]c2ccccc12. The molecule has 2 amide bonds. The van der Waals surface area contributed by atoms with Crippen molar-refractivity contribution in [3.05, 3.63) is 84.1 Å². The molecule has 1 aromatic heterocycles. The van der Waals surface area contributed by atoms with Crippen molar-refractivity contribution in [2.24, 2.45) is 11.7 Å². The summed E-state index contributed by atoms with van der Waals surface area (Å²) in [5.41, 5.74) is 8.43. The van der Waals surface area contributed by atoms with Crippen molar-refractivity contribution in [1.29, 1.82) is 0 Å². The van der Waals surface area contributed by atoms with Crippen LogP contribution in [0.4, 0.5) is 0 Å². The Balaban J connectivity index is 1.50. The highest BCUT2D eigenvalue weighted by molar-refractivity contribution is 5.90. The normalized spacial score (nSPS) is 13.0. The van der Waals surface area contributed by atoms with E-state index in [0.717, 1.165) is 32.8 Å². The van der Waals surface area contributed by atoms with Gasteiger partial charge in [0.15, 0.2) is 0 Å². The van der Waals surface area contributed by atoms with Crippen LogP contribution in [0.5, 0.6) is 0 Å². The van der Waals surface area contributed by atoms with Gasteiger partial charge in [-0.05, 0) is 47.4 Å². The molecule has 0 radical (unpaired) electrons. The maximum atomic E-state index is 13.2. The van der Waals surface area contributed by atoms with E-state index in [1.807, 2.05) is 72.9 Å². The molecule has 0 spiro atoms. The van der Waals surface area contributed by atoms with Gasteiger partial charge in [0, 0.05) is 30.1 Å². The molecular formula is C28H32N4O3. The number of benzene rings is 3. The van der Waals surface area contributed by atoms with Crippen LogP contribution in [0, 0.1) is 5.92 Å². The van der Waals surface area contributed by atoms with E-state index in [-0.39, 0.29) is 18.4 Å². The van der Waals surface area contributed by atoms with Gasteiger partial charge in [0.2, 0.25) is 11.8 Å². The van der Waals surface area contributed by atoms with Crippen LogP contribution in [0.15, 0.2) is 72.9 Å². The van der Waals surface area contributed by atoms with E-state index in [9.17, 15) is 14.7 Å². The van der Waals surface area contributed by atoms with Gasteiger partial charge < -0.3 is 26.5 Å². The number of rotatable bonds is 11. The summed E-state index contributed by atoms with van der Waals surface area (Å²) in [5.74, 6) is -1.29. The van der Waals surface area contributed by atoms with E-state index >= 15 is 0 Å². The minimum Gasteiger partial charge on any atom is -0.396 e. The summed E-state index contributed by atoms with van der Waals surface area (Å²) >= 11 is 0. The zero-order valence-electron chi connectivity index (χ0n) is 19.7.